The SMILES string of the molecule is CC(=N)/C(C)=C1\C(=N)Sc2c(NCc3ccc(-c4cccs4)cc3)ncnc21. The predicted molar refractivity (Wildman–Crippen MR) is 119 cm³/mol. The molecule has 5 nitrogen and oxygen atoms in total. The lowest BCUT2D eigenvalue weighted by Crippen LogP contribution is -2.05. The standard InChI is InChI=1S/C21H19N5S2/c1-12(13(2)22)17-18-19(28-20(17)23)21(26-11-25-18)24-10-14-5-7-15(8-6-14)16-4-3-9-27-16/h3-9,11,22-23H,10H2,1-2H3,(H,24,25,26)/b17-12-,22-13?,23-20?. The van der Waals surface area contributed by atoms with Crippen LogP contribution in [0.4, 0.5) is 5.82 Å². The predicted octanol–water partition coefficient (Wildman–Crippen LogP) is 5.71. The van der Waals surface area contributed by atoms with Crippen LogP contribution in [0.3, 0.4) is 0 Å². The van der Waals surface area contributed by atoms with Crippen molar-refractivity contribution in [1.82, 2.24) is 9.97 Å². The Morgan fingerprint density at radius 2 is 1.89 bits per heavy atom. The Labute approximate surface area is 172 Å². The smallest absolute Gasteiger partial charge is 0.144 e. The number of anilines is 1. The minimum atomic E-state index is 0.419. The van der Waals surface area contributed by atoms with Crippen molar-refractivity contribution in [2.24, 2.45) is 0 Å². The van der Waals surface area contributed by atoms with Gasteiger partial charge in [-0.3, -0.25) is 5.41 Å². The molecule has 0 saturated heterocycles. The number of fused-ring (bicyclic) bond motifs is 1. The van der Waals surface area contributed by atoms with Crippen molar-refractivity contribution in [3.05, 3.63) is 64.9 Å². The van der Waals surface area contributed by atoms with Gasteiger partial charge in [-0.05, 0) is 42.0 Å². The summed E-state index contributed by atoms with van der Waals surface area (Å²) in [4.78, 5) is 10.9. The van der Waals surface area contributed by atoms with E-state index in [4.69, 9.17) is 10.8 Å². The molecule has 0 bridgehead atoms. The fourth-order valence-electron chi connectivity index (χ4n) is 2.99. The number of hydrogen-bond acceptors (Lipinski definition) is 7. The Morgan fingerprint density at radius 1 is 1.11 bits per heavy atom. The Hall–Kier alpha value is -2.77. The van der Waals surface area contributed by atoms with Gasteiger partial charge in [-0.25, -0.2) is 9.97 Å². The van der Waals surface area contributed by atoms with E-state index in [0.717, 1.165) is 33.1 Å². The van der Waals surface area contributed by atoms with E-state index in [1.807, 2.05) is 6.92 Å². The normalized spacial score (nSPS) is 14.7. The van der Waals surface area contributed by atoms with Gasteiger partial charge in [0.15, 0.2) is 0 Å². The second-order valence-corrected chi connectivity index (χ2v) is 8.45. The molecule has 0 aliphatic carbocycles. The maximum absolute atomic E-state index is 8.31. The maximum Gasteiger partial charge on any atom is 0.144 e. The lowest BCUT2D eigenvalue weighted by molar-refractivity contribution is 1.03. The molecular formula is C21H19N5S2. The van der Waals surface area contributed by atoms with Crippen molar-refractivity contribution in [2.75, 3.05) is 5.32 Å². The van der Waals surface area contributed by atoms with E-state index in [9.17, 15) is 0 Å². The Kier molecular flexibility index (Phi) is 5.11. The Morgan fingerprint density at radius 3 is 2.57 bits per heavy atom. The van der Waals surface area contributed by atoms with Crippen LogP contribution >= 0.6 is 23.1 Å². The largest absolute Gasteiger partial charge is 0.365 e. The van der Waals surface area contributed by atoms with Crippen LogP contribution in [0.15, 0.2) is 58.6 Å². The lowest BCUT2D eigenvalue weighted by Gasteiger charge is -2.09. The van der Waals surface area contributed by atoms with Gasteiger partial charge >= 0.3 is 0 Å². The molecule has 2 aromatic heterocycles. The molecule has 140 valence electrons. The van der Waals surface area contributed by atoms with E-state index in [1.165, 1.54) is 28.5 Å². The zero-order valence-corrected chi connectivity index (χ0v) is 17.2. The first kappa shape index (κ1) is 18.6. The average molecular weight is 406 g/mol. The van der Waals surface area contributed by atoms with Gasteiger partial charge in [-0.2, -0.15) is 0 Å². The number of aromatic nitrogens is 2. The van der Waals surface area contributed by atoms with E-state index in [2.05, 4.69) is 57.1 Å². The van der Waals surface area contributed by atoms with Gasteiger partial charge in [0.05, 0.1) is 10.6 Å². The summed E-state index contributed by atoms with van der Waals surface area (Å²) in [6.45, 7) is 4.24. The molecule has 1 aliphatic rings. The van der Waals surface area contributed by atoms with Crippen molar-refractivity contribution in [2.45, 2.75) is 25.3 Å². The number of nitrogens with zero attached hydrogens (tertiary/aromatic N) is 2. The first-order valence-electron chi connectivity index (χ1n) is 8.80. The third kappa shape index (κ3) is 3.50. The van der Waals surface area contributed by atoms with E-state index in [0.29, 0.717) is 17.3 Å². The van der Waals surface area contributed by atoms with Gasteiger partial charge in [0, 0.05) is 22.7 Å². The second kappa shape index (κ2) is 7.69. The van der Waals surface area contributed by atoms with Crippen molar-refractivity contribution in [1.29, 1.82) is 10.8 Å². The molecule has 0 radical (unpaired) electrons. The van der Waals surface area contributed by atoms with Crippen LogP contribution in [0.5, 0.6) is 0 Å². The van der Waals surface area contributed by atoms with Gasteiger partial charge < -0.3 is 10.7 Å². The first-order valence-corrected chi connectivity index (χ1v) is 10.5. The van der Waals surface area contributed by atoms with Gasteiger partial charge in [0.1, 0.15) is 17.2 Å². The third-order valence-electron chi connectivity index (χ3n) is 4.63. The number of allylic oxidation sites excluding steroid dienone is 1. The van der Waals surface area contributed by atoms with Gasteiger partial charge in [-0.1, -0.05) is 42.1 Å². The number of hydrogen-bond donors (Lipinski definition) is 3. The molecule has 0 fully saturated rings. The zero-order valence-electron chi connectivity index (χ0n) is 15.5. The van der Waals surface area contributed by atoms with E-state index >= 15 is 0 Å². The average Bonchev–Trinajstić information content (AvgIpc) is 3.33. The van der Waals surface area contributed by atoms with Gasteiger partial charge in [-0.15, -0.1) is 11.3 Å². The molecule has 4 rings (SSSR count). The number of rotatable bonds is 5. The monoisotopic (exact) mass is 405 g/mol. The van der Waals surface area contributed by atoms with Crippen LogP contribution in [-0.4, -0.2) is 20.7 Å². The molecule has 3 aromatic rings. The van der Waals surface area contributed by atoms with Crippen molar-refractivity contribution < 1.29 is 0 Å². The maximum atomic E-state index is 8.31. The highest BCUT2D eigenvalue weighted by Crippen LogP contribution is 2.44. The molecule has 7 heteroatoms. The van der Waals surface area contributed by atoms with Gasteiger partial charge in [0.25, 0.3) is 0 Å². The van der Waals surface area contributed by atoms with Gasteiger partial charge in [0.2, 0.25) is 0 Å². The number of nitrogens with one attached hydrogen (secondary N) is 3. The zero-order chi connectivity index (χ0) is 19.7. The number of benzene rings is 1. The first-order chi connectivity index (χ1) is 13.5. The quantitative estimate of drug-likeness (QED) is 0.474. The molecule has 0 unspecified atom stereocenters. The molecule has 1 aliphatic heterocycles. The molecule has 0 spiro atoms. The van der Waals surface area contributed by atoms with E-state index < -0.39 is 0 Å². The summed E-state index contributed by atoms with van der Waals surface area (Å²) in [6, 6.07) is 12.7. The minimum absolute atomic E-state index is 0.419. The molecule has 0 atom stereocenters. The summed E-state index contributed by atoms with van der Waals surface area (Å²) < 4.78 is 0. The molecule has 0 amide bonds. The summed E-state index contributed by atoms with van der Waals surface area (Å²) in [5.74, 6) is 0.729. The topological polar surface area (TPSA) is 85.5 Å². The summed E-state index contributed by atoms with van der Waals surface area (Å²) >= 11 is 3.09. The van der Waals surface area contributed by atoms with Crippen molar-refractivity contribution in [3.8, 4) is 10.4 Å². The fraction of sp³-hybridized carbons (Fsp3) is 0.143. The van der Waals surface area contributed by atoms with E-state index in [1.54, 1.807) is 18.3 Å². The Bertz CT molecular complexity index is 1080. The summed E-state index contributed by atoms with van der Waals surface area (Å²) in [5.41, 5.74) is 5.09. The van der Waals surface area contributed by atoms with Crippen LogP contribution in [0.2, 0.25) is 0 Å². The van der Waals surface area contributed by atoms with Crippen LogP contribution in [0.1, 0.15) is 25.1 Å². The van der Waals surface area contributed by atoms with Crippen LogP contribution in [-0.2, 0) is 6.54 Å². The van der Waals surface area contributed by atoms with E-state index in [-0.39, 0.29) is 0 Å². The lowest BCUT2D eigenvalue weighted by atomic mass is 10.0. The van der Waals surface area contributed by atoms with Crippen LogP contribution in [0.25, 0.3) is 16.0 Å². The highest BCUT2D eigenvalue weighted by atomic mass is 32.2. The molecule has 3 N–H and O–H groups in total. The minimum Gasteiger partial charge on any atom is -0.365 e. The molecule has 0 saturated carbocycles. The molecule has 3 heterocycles. The number of thioether (sulfide) groups is 1. The summed E-state index contributed by atoms with van der Waals surface area (Å²) in [5, 5.41) is 22.1. The highest BCUT2D eigenvalue weighted by molar-refractivity contribution is 8.15. The highest BCUT2D eigenvalue weighted by Gasteiger charge is 2.29. The van der Waals surface area contributed by atoms with Crippen LogP contribution < -0.4 is 5.32 Å². The van der Waals surface area contributed by atoms with Crippen LogP contribution in [0, 0.1) is 10.8 Å². The number of thiophene rings is 1. The summed E-state index contributed by atoms with van der Waals surface area (Å²) in [7, 11) is 0. The Balaban J connectivity index is 1.55. The van der Waals surface area contributed by atoms with Crippen molar-refractivity contribution >= 4 is 45.2 Å². The molecule has 28 heavy (non-hydrogen) atoms. The third-order valence-corrected chi connectivity index (χ3v) is 6.55. The molecule has 1 aromatic carbocycles. The van der Waals surface area contributed by atoms with Crippen molar-refractivity contribution in [3.63, 3.8) is 0 Å². The molecular weight excluding hydrogens is 386 g/mol. The summed E-state index contributed by atoms with van der Waals surface area (Å²) in [6.07, 6.45) is 1.52. The second-order valence-electron chi connectivity index (χ2n) is 6.48. The fourth-order valence-corrected chi connectivity index (χ4v) is 4.75.